The third-order valence-corrected chi connectivity index (χ3v) is 14.5. The Kier molecular flexibility index (Phi) is 8.77. The van der Waals surface area contributed by atoms with Crippen molar-refractivity contribution in [1.82, 2.24) is 0 Å². The van der Waals surface area contributed by atoms with Crippen LogP contribution in [0.1, 0.15) is 25.0 Å². The Morgan fingerprint density at radius 2 is 0.825 bits per heavy atom. The molecule has 0 N–H and O–H groups in total. The van der Waals surface area contributed by atoms with E-state index >= 15 is 0 Å². The summed E-state index contributed by atoms with van der Waals surface area (Å²) in [5.41, 5.74) is 18.4. The smallest absolute Gasteiger partial charge is 0.0540 e. The van der Waals surface area contributed by atoms with E-state index in [2.05, 4.69) is 243 Å². The van der Waals surface area contributed by atoms with Crippen LogP contribution in [-0.4, -0.2) is 0 Å². The van der Waals surface area contributed by atoms with Crippen molar-refractivity contribution in [2.24, 2.45) is 0 Å². The molecule has 0 fully saturated rings. The summed E-state index contributed by atoms with van der Waals surface area (Å²) in [7, 11) is 0. The minimum Gasteiger partial charge on any atom is -0.310 e. The van der Waals surface area contributed by atoms with Gasteiger partial charge in [-0.15, -0.1) is 11.3 Å². The first-order valence-corrected chi connectivity index (χ1v) is 22.6. The molecular weight excluding hydrogens is 779 g/mol. The van der Waals surface area contributed by atoms with Gasteiger partial charge in [0.2, 0.25) is 0 Å². The maximum Gasteiger partial charge on any atom is 0.0540 e. The van der Waals surface area contributed by atoms with E-state index in [0.29, 0.717) is 0 Å². The zero-order chi connectivity index (χ0) is 42.1. The number of rotatable bonds is 7. The van der Waals surface area contributed by atoms with Crippen LogP contribution in [0.25, 0.3) is 86.6 Å². The molecule has 0 aliphatic heterocycles. The Bertz CT molecular complexity index is 3510. The summed E-state index contributed by atoms with van der Waals surface area (Å²) in [6, 6.07) is 82.8. The van der Waals surface area contributed by atoms with Crippen LogP contribution in [0.15, 0.2) is 224 Å². The highest BCUT2D eigenvalue weighted by Gasteiger charge is 2.36. The molecule has 2 heteroatoms. The van der Waals surface area contributed by atoms with E-state index in [1.165, 1.54) is 97.7 Å². The highest BCUT2D eigenvalue weighted by molar-refractivity contribution is 7.26. The van der Waals surface area contributed by atoms with Gasteiger partial charge in [-0.05, 0) is 109 Å². The van der Waals surface area contributed by atoms with Gasteiger partial charge in [0.25, 0.3) is 0 Å². The van der Waals surface area contributed by atoms with Gasteiger partial charge in [-0.2, -0.15) is 0 Å². The number of benzene rings is 10. The molecule has 12 rings (SSSR count). The largest absolute Gasteiger partial charge is 0.310 e. The minimum absolute atomic E-state index is 0.193. The van der Waals surface area contributed by atoms with Crippen LogP contribution in [-0.2, 0) is 5.41 Å². The van der Waals surface area contributed by atoms with Gasteiger partial charge in [-0.1, -0.05) is 196 Å². The van der Waals surface area contributed by atoms with E-state index in [1.807, 2.05) is 11.3 Å². The average Bonchev–Trinajstić information content (AvgIpc) is 3.84. The van der Waals surface area contributed by atoms with Gasteiger partial charge < -0.3 is 4.90 Å². The van der Waals surface area contributed by atoms with Gasteiger partial charge in [0.15, 0.2) is 0 Å². The van der Waals surface area contributed by atoms with E-state index in [-0.39, 0.29) is 5.41 Å². The highest BCUT2D eigenvalue weighted by atomic mass is 32.1. The van der Waals surface area contributed by atoms with Crippen LogP contribution in [0, 0.1) is 0 Å². The first-order valence-electron chi connectivity index (χ1n) is 21.8. The van der Waals surface area contributed by atoms with Crippen molar-refractivity contribution < 1.29 is 0 Å². The van der Waals surface area contributed by atoms with Gasteiger partial charge >= 0.3 is 0 Å². The third-order valence-electron chi connectivity index (χ3n) is 13.3. The molecule has 0 saturated carbocycles. The molecule has 0 radical (unpaired) electrons. The van der Waals surface area contributed by atoms with Gasteiger partial charge in [-0.25, -0.2) is 0 Å². The molecule has 0 bridgehead atoms. The number of hydrogen-bond acceptors (Lipinski definition) is 2. The number of anilines is 3. The van der Waals surface area contributed by atoms with Crippen LogP contribution < -0.4 is 4.90 Å². The third kappa shape index (κ3) is 6.21. The second kappa shape index (κ2) is 14.8. The van der Waals surface area contributed by atoms with Crippen LogP contribution >= 0.6 is 11.3 Å². The molecule has 1 heterocycles. The fraction of sp³-hybridized carbons (Fsp3) is 0.0492. The molecule has 0 spiro atoms. The fourth-order valence-corrected chi connectivity index (χ4v) is 11.3. The van der Waals surface area contributed by atoms with Crippen molar-refractivity contribution in [3.05, 3.63) is 236 Å². The standard InChI is InChI=1S/C61H43NS/c1-61(2)56-38-45(41-16-7-4-8-17-41)30-34-50(56)51-35-33-47(39-57(51)61)62(46-31-28-44(29-32-46)43-26-24-42(25-27-43)40-14-5-3-6-15-40)58-37-36-49(48-18-9-10-19-52(48)58)54-21-13-22-55-53-20-11-12-23-59(53)63-60(54)55/h3-39H,1-2H3. The Hall–Kier alpha value is -7.52. The van der Waals surface area contributed by atoms with Crippen LogP contribution in [0.4, 0.5) is 17.1 Å². The second-order valence-electron chi connectivity index (χ2n) is 17.3. The average molecular weight is 822 g/mol. The Morgan fingerprint density at radius 1 is 0.333 bits per heavy atom. The van der Waals surface area contributed by atoms with Crippen LogP contribution in [0.2, 0.25) is 0 Å². The Balaban J connectivity index is 1.00. The molecule has 11 aromatic rings. The summed E-state index contributed by atoms with van der Waals surface area (Å²) >= 11 is 1.89. The summed E-state index contributed by atoms with van der Waals surface area (Å²) in [5.74, 6) is 0. The Morgan fingerprint density at radius 3 is 1.52 bits per heavy atom. The zero-order valence-electron chi connectivity index (χ0n) is 35.2. The van der Waals surface area contributed by atoms with E-state index in [0.717, 1.165) is 17.1 Å². The molecule has 1 aliphatic carbocycles. The number of nitrogens with zero attached hydrogens (tertiary/aromatic N) is 1. The SMILES string of the molecule is CC1(C)c2cc(-c3ccccc3)ccc2-c2ccc(N(c3ccc(-c4ccc(-c5ccccc5)cc4)cc3)c3ccc(-c4cccc5c4sc4ccccc45)c4ccccc34)cc21. The van der Waals surface area contributed by atoms with Crippen molar-refractivity contribution in [3.8, 4) is 55.6 Å². The van der Waals surface area contributed by atoms with Crippen molar-refractivity contribution >= 4 is 59.3 Å². The van der Waals surface area contributed by atoms with Gasteiger partial charge in [0.05, 0.1) is 5.69 Å². The molecule has 63 heavy (non-hydrogen) atoms. The quantitative estimate of drug-likeness (QED) is 0.155. The summed E-state index contributed by atoms with van der Waals surface area (Å²) in [6.07, 6.45) is 0. The molecule has 0 atom stereocenters. The normalized spacial score (nSPS) is 12.7. The first kappa shape index (κ1) is 37.3. The molecule has 1 nitrogen and oxygen atoms in total. The van der Waals surface area contributed by atoms with Crippen molar-refractivity contribution in [2.45, 2.75) is 19.3 Å². The maximum absolute atomic E-state index is 2.48. The van der Waals surface area contributed by atoms with Crippen molar-refractivity contribution in [3.63, 3.8) is 0 Å². The molecular formula is C61H43NS. The van der Waals surface area contributed by atoms with E-state index in [1.54, 1.807) is 0 Å². The van der Waals surface area contributed by atoms with Gasteiger partial charge in [-0.3, -0.25) is 0 Å². The molecule has 1 aromatic heterocycles. The first-order chi connectivity index (χ1) is 31.0. The summed E-state index contributed by atoms with van der Waals surface area (Å²) in [4.78, 5) is 2.48. The topological polar surface area (TPSA) is 3.24 Å². The summed E-state index contributed by atoms with van der Waals surface area (Å²) < 4.78 is 2.65. The number of hydrogen-bond donors (Lipinski definition) is 0. The van der Waals surface area contributed by atoms with Crippen molar-refractivity contribution in [1.29, 1.82) is 0 Å². The monoisotopic (exact) mass is 821 g/mol. The minimum atomic E-state index is -0.193. The number of thiophene rings is 1. The van der Waals surface area contributed by atoms with Crippen LogP contribution in [0.3, 0.4) is 0 Å². The Labute approximate surface area is 372 Å². The number of fused-ring (bicyclic) bond motifs is 7. The molecule has 0 unspecified atom stereocenters. The molecule has 0 amide bonds. The maximum atomic E-state index is 2.48. The fourth-order valence-electron chi connectivity index (χ4n) is 10.1. The molecule has 298 valence electrons. The highest BCUT2D eigenvalue weighted by Crippen LogP contribution is 2.53. The lowest BCUT2D eigenvalue weighted by Gasteiger charge is -2.29. The van der Waals surface area contributed by atoms with Gasteiger partial charge in [0, 0.05) is 47.9 Å². The molecule has 1 aliphatic rings. The second-order valence-corrected chi connectivity index (χ2v) is 18.3. The lowest BCUT2D eigenvalue weighted by molar-refractivity contribution is 0.660. The summed E-state index contributed by atoms with van der Waals surface area (Å²) in [6.45, 7) is 4.77. The molecule has 0 saturated heterocycles. The molecule has 10 aromatic carbocycles. The van der Waals surface area contributed by atoms with E-state index in [9.17, 15) is 0 Å². The predicted octanol–water partition coefficient (Wildman–Crippen LogP) is 17.7. The summed E-state index contributed by atoms with van der Waals surface area (Å²) in [5, 5.41) is 5.09. The zero-order valence-corrected chi connectivity index (χ0v) is 36.0. The lowest BCUT2D eigenvalue weighted by atomic mass is 9.81. The predicted molar refractivity (Wildman–Crippen MR) is 271 cm³/mol. The van der Waals surface area contributed by atoms with E-state index < -0.39 is 0 Å². The lowest BCUT2D eigenvalue weighted by Crippen LogP contribution is -2.17. The van der Waals surface area contributed by atoms with Crippen molar-refractivity contribution in [2.75, 3.05) is 4.90 Å². The van der Waals surface area contributed by atoms with E-state index in [4.69, 9.17) is 0 Å². The van der Waals surface area contributed by atoms with Crippen LogP contribution in [0.5, 0.6) is 0 Å². The van der Waals surface area contributed by atoms with Gasteiger partial charge in [0.1, 0.15) is 0 Å².